The number of nitrogens with zero attached hydrogens (tertiary/aromatic N) is 9. The molecule has 8 N–H and O–H groups in total. The lowest BCUT2D eigenvalue weighted by molar-refractivity contribution is -0.121. The molecule has 5 aliphatic heterocycles. The van der Waals surface area contributed by atoms with Gasteiger partial charge in [0.25, 0.3) is 16.7 Å². The highest BCUT2D eigenvalue weighted by molar-refractivity contribution is 6.03. The Morgan fingerprint density at radius 1 is 0.477 bits per heavy atom. The number of ketones is 1. The van der Waals surface area contributed by atoms with E-state index in [1.54, 1.807) is 6.20 Å². The number of nitrogens with one attached hydrogen (secondary N) is 6. The normalized spacial score (nSPS) is 16.2. The number of pyridine rings is 6. The molecular formula is C88H118N16O7. The van der Waals surface area contributed by atoms with Crippen molar-refractivity contribution in [3.63, 3.8) is 0 Å². The first kappa shape index (κ1) is 82.4. The molecule has 111 heavy (non-hydrogen) atoms. The number of aromatic amines is 3. The molecule has 0 spiro atoms. The zero-order valence-electron chi connectivity index (χ0n) is 67.4. The minimum atomic E-state index is -0.0923. The molecule has 23 nitrogen and oxygen atoms in total. The minimum Gasteiger partial charge on any atom is -0.381 e. The molecule has 23 heteroatoms. The maximum atomic E-state index is 12.7. The van der Waals surface area contributed by atoms with Gasteiger partial charge in [0, 0.05) is 231 Å². The first-order valence-electron chi connectivity index (χ1n) is 40.3. The van der Waals surface area contributed by atoms with Crippen molar-refractivity contribution in [2.45, 2.75) is 184 Å². The molecule has 0 aliphatic carbocycles. The molecule has 5 fully saturated rings. The Balaban J connectivity index is 0.000000157. The number of hydrogen-bond acceptors (Lipinski definition) is 20. The Kier molecular flexibility index (Phi) is 29.4. The van der Waals surface area contributed by atoms with Crippen LogP contribution in [0.1, 0.15) is 159 Å². The molecule has 11 heterocycles. The van der Waals surface area contributed by atoms with Crippen LogP contribution in [0.4, 0.5) is 34.5 Å². The van der Waals surface area contributed by atoms with Gasteiger partial charge in [-0.25, -0.2) is 15.0 Å². The fourth-order valence-electron chi connectivity index (χ4n) is 16.6. The zero-order valence-corrected chi connectivity index (χ0v) is 67.4. The third kappa shape index (κ3) is 21.2. The largest absolute Gasteiger partial charge is 0.381 e. The van der Waals surface area contributed by atoms with Crippen molar-refractivity contribution in [1.82, 2.24) is 39.7 Å². The Morgan fingerprint density at radius 2 is 0.829 bits per heavy atom. The van der Waals surface area contributed by atoms with Crippen molar-refractivity contribution < 1.29 is 19.0 Å². The van der Waals surface area contributed by atoms with Gasteiger partial charge in [-0.05, 0) is 260 Å². The standard InChI is InChI=1S/C32H45N5O2.C25H33N5O2.C25H29N5O2.C6H11NO/c1-5-37(26-11-16-39-17-12-26)30-20-25(7-6-24-9-14-36(4)15-10-24)19-28-27(30)8-13-33-31(28)34-21-29-22(2)18-23(3)35-32(29)38;2*1-4-30(19-6-9-32-10-7-19)23-13-18(14-26)12-21-20(23)5-8-27-24(21)28-15-22-16(2)11-17(3)29-25(22)31;1-7-4-2-6(8)3-5-7/h8,13,18-20,24,26H,5-7,9-12,14-17,21H2,1-4H3,(H,33,34)(H,35,38);5,8,11-13,19H,4,6-7,9-10,14-15,26H2,1-3H3,(H,27,28)(H,29,31);5,8,11-13,19H,4,6-7,9-10,15H2,1-3H3,(H,27,28)(H,29,31);2-5H2,1H3. The molecule has 0 amide bonds. The van der Waals surface area contributed by atoms with Crippen molar-refractivity contribution in [1.29, 1.82) is 5.26 Å². The van der Waals surface area contributed by atoms with E-state index in [1.807, 2.05) is 97.4 Å². The van der Waals surface area contributed by atoms with E-state index >= 15 is 0 Å². The molecule has 0 bridgehead atoms. The van der Waals surface area contributed by atoms with Crippen LogP contribution in [-0.4, -0.2) is 163 Å². The monoisotopic (exact) mass is 1510 g/mol. The number of nitrogens with two attached hydrogens (primary N) is 1. The van der Waals surface area contributed by atoms with E-state index in [0.717, 1.165) is 231 Å². The van der Waals surface area contributed by atoms with Gasteiger partial charge in [-0.15, -0.1) is 0 Å². The second-order valence-corrected chi connectivity index (χ2v) is 30.7. The van der Waals surface area contributed by atoms with E-state index in [9.17, 15) is 24.4 Å². The van der Waals surface area contributed by atoms with E-state index in [4.69, 9.17) is 24.9 Å². The number of carbonyl (C=O) groups is 1. The third-order valence-corrected chi connectivity index (χ3v) is 22.9. The van der Waals surface area contributed by atoms with Gasteiger partial charge < -0.3 is 75.3 Å². The topological polar surface area (TPSA) is 284 Å². The smallest absolute Gasteiger partial charge is 0.253 e. The third-order valence-electron chi connectivity index (χ3n) is 22.9. The van der Waals surface area contributed by atoms with Gasteiger partial charge in [0.2, 0.25) is 0 Å². The highest BCUT2D eigenvalue weighted by Crippen LogP contribution is 2.39. The van der Waals surface area contributed by atoms with Crippen molar-refractivity contribution in [3.05, 3.63) is 190 Å². The number of aromatic nitrogens is 6. The lowest BCUT2D eigenvalue weighted by Gasteiger charge is -2.36. The number of fused-ring (bicyclic) bond motifs is 3. The molecule has 3 aromatic carbocycles. The second-order valence-electron chi connectivity index (χ2n) is 30.7. The number of benzene rings is 3. The van der Waals surface area contributed by atoms with Gasteiger partial charge in [0.05, 0.1) is 11.6 Å². The quantitative estimate of drug-likeness (QED) is 0.0332. The van der Waals surface area contributed by atoms with Crippen molar-refractivity contribution in [3.8, 4) is 6.07 Å². The highest BCUT2D eigenvalue weighted by Gasteiger charge is 2.28. The summed E-state index contributed by atoms with van der Waals surface area (Å²) in [6.45, 7) is 31.7. The van der Waals surface area contributed by atoms with Crippen LogP contribution >= 0.6 is 0 Å². The van der Waals surface area contributed by atoms with E-state index in [0.29, 0.717) is 67.0 Å². The summed E-state index contributed by atoms with van der Waals surface area (Å²) in [7, 11) is 4.28. The minimum absolute atomic E-state index is 0.0311. The van der Waals surface area contributed by atoms with Gasteiger partial charge in [-0.3, -0.25) is 19.2 Å². The summed E-state index contributed by atoms with van der Waals surface area (Å²) in [5, 5.41) is 26.4. The number of piperidine rings is 2. The van der Waals surface area contributed by atoms with E-state index in [2.05, 4.69) is 136 Å². The number of carbonyl (C=O) groups excluding carboxylic acids is 1. The molecule has 9 aromatic rings. The molecular weight excluding hydrogens is 1390 g/mol. The number of ether oxygens (including phenoxy) is 3. The molecule has 0 radical (unpaired) electrons. The molecule has 6 aromatic heterocycles. The van der Waals surface area contributed by atoms with Crippen LogP contribution in [-0.2, 0) is 51.6 Å². The Morgan fingerprint density at radius 3 is 1.18 bits per heavy atom. The Hall–Kier alpha value is -9.54. The SMILES string of the molecule is CCN(c1cc(C#N)cc2c(NCc3c(C)cc(C)[nH]c3=O)nccc12)C1CCOCC1.CCN(c1cc(CCC2CCN(C)CC2)cc2c(NCc3c(C)cc(C)[nH]c3=O)nccc12)C1CCOCC1.CCN(c1cc(CN)cc2c(NCc3c(C)cc(C)[nH]c3=O)nccc12)C1CCOCC1.CN1CCC(=O)CC1. The number of aryl methyl sites for hydroxylation is 7. The highest BCUT2D eigenvalue weighted by atomic mass is 16.5. The van der Waals surface area contributed by atoms with Crippen molar-refractivity contribution in [2.75, 3.05) is 130 Å². The van der Waals surface area contributed by atoms with Crippen LogP contribution in [0, 0.1) is 58.8 Å². The van der Waals surface area contributed by atoms with Crippen molar-refractivity contribution >= 4 is 72.6 Å². The summed E-state index contributed by atoms with van der Waals surface area (Å²) in [4.78, 5) is 82.8. The van der Waals surface area contributed by atoms with Crippen molar-refractivity contribution in [2.24, 2.45) is 11.7 Å². The summed E-state index contributed by atoms with van der Waals surface area (Å²) in [5.74, 6) is 3.49. The average molecular weight is 1510 g/mol. The predicted octanol–water partition coefficient (Wildman–Crippen LogP) is 13.4. The number of nitriles is 1. The van der Waals surface area contributed by atoms with Crippen LogP contribution in [0.3, 0.4) is 0 Å². The lowest BCUT2D eigenvalue weighted by atomic mass is 9.90. The molecule has 0 unspecified atom stereocenters. The van der Waals surface area contributed by atoms with Gasteiger partial charge in [0.1, 0.15) is 23.2 Å². The van der Waals surface area contributed by atoms with Crippen LogP contribution in [0.5, 0.6) is 0 Å². The summed E-state index contributed by atoms with van der Waals surface area (Å²) in [6.07, 6.45) is 18.0. The van der Waals surface area contributed by atoms with E-state index in [-0.39, 0.29) is 16.7 Å². The summed E-state index contributed by atoms with van der Waals surface area (Å²) >= 11 is 0. The van der Waals surface area contributed by atoms with Gasteiger partial charge in [0.15, 0.2) is 0 Å². The molecule has 5 saturated heterocycles. The molecule has 592 valence electrons. The van der Waals surface area contributed by atoms with Gasteiger partial charge in [-0.1, -0.05) is 0 Å². The Labute approximate surface area is 654 Å². The molecule has 5 aliphatic rings. The number of anilines is 6. The lowest BCUT2D eigenvalue weighted by Crippen LogP contribution is -2.39. The van der Waals surface area contributed by atoms with Gasteiger partial charge >= 0.3 is 0 Å². The maximum Gasteiger partial charge on any atom is 0.253 e. The number of likely N-dealkylation sites (tertiary alicyclic amines) is 2. The summed E-state index contributed by atoms with van der Waals surface area (Å²) in [6, 6.07) is 28.8. The van der Waals surface area contributed by atoms with E-state index < -0.39 is 0 Å². The summed E-state index contributed by atoms with van der Waals surface area (Å²) < 4.78 is 16.8. The number of Topliss-reactive ketones (excluding diaryl/α,β-unsaturated/α-hetero) is 1. The molecule has 0 saturated carbocycles. The number of rotatable bonds is 22. The molecule has 0 atom stereocenters. The second kappa shape index (κ2) is 39.6. The van der Waals surface area contributed by atoms with Crippen LogP contribution < -0.4 is 53.1 Å². The predicted molar refractivity (Wildman–Crippen MR) is 450 cm³/mol. The maximum absolute atomic E-state index is 12.7. The molecule has 14 rings (SSSR count). The van der Waals surface area contributed by atoms with E-state index in [1.165, 1.54) is 54.7 Å². The first-order chi connectivity index (χ1) is 53.7. The number of H-pyrrole nitrogens is 3. The van der Waals surface area contributed by atoms with Crippen LogP contribution in [0.2, 0.25) is 0 Å². The Bertz CT molecular complexity index is 4860. The number of hydrogen-bond donors (Lipinski definition) is 7. The van der Waals surface area contributed by atoms with Crippen LogP contribution in [0.15, 0.2) is 106 Å². The average Bonchev–Trinajstić information content (AvgIpc) is 0.782. The fourth-order valence-corrected chi connectivity index (χ4v) is 16.6. The fraction of sp³-hybridized carbons (Fsp3) is 0.500. The van der Waals surface area contributed by atoms with Gasteiger partial charge in [-0.2, -0.15) is 5.26 Å². The first-order valence-corrected chi connectivity index (χ1v) is 40.3. The zero-order chi connectivity index (χ0) is 78.7. The van der Waals surface area contributed by atoms with Crippen LogP contribution in [0.25, 0.3) is 32.3 Å². The summed E-state index contributed by atoms with van der Waals surface area (Å²) in [5.41, 5.74) is 20.1.